The van der Waals surface area contributed by atoms with Crippen molar-refractivity contribution >= 4 is 31.9 Å². The molecule has 0 spiro atoms. The SMILES string of the molecule is CN(Cc1ccccc1)S(=O)(=O)c1cc(C(=O)NC2C3(C)CC[C@H](C3)C2(C)C)ccc1Br. The Morgan fingerprint density at radius 1 is 1.16 bits per heavy atom. The third-order valence-corrected chi connectivity index (χ3v) is 10.5. The van der Waals surface area contributed by atoms with Crippen molar-refractivity contribution in [1.82, 2.24) is 9.62 Å². The number of amides is 1. The van der Waals surface area contributed by atoms with Gasteiger partial charge in [-0.1, -0.05) is 51.1 Å². The van der Waals surface area contributed by atoms with Crippen molar-refractivity contribution in [2.45, 2.75) is 57.5 Å². The first kappa shape index (κ1) is 23.5. The predicted octanol–water partition coefficient (Wildman–Crippen LogP) is 5.21. The second-order valence-electron chi connectivity index (χ2n) is 10.2. The summed E-state index contributed by atoms with van der Waals surface area (Å²) in [6.07, 6.45) is 3.47. The normalized spacial score (nSPS) is 26.4. The second kappa shape index (κ2) is 8.26. The summed E-state index contributed by atoms with van der Waals surface area (Å²) < 4.78 is 28.4. The van der Waals surface area contributed by atoms with Gasteiger partial charge in [-0.05, 0) is 75.7 Å². The third-order valence-electron chi connectivity index (χ3n) is 7.67. The Morgan fingerprint density at radius 3 is 2.47 bits per heavy atom. The lowest BCUT2D eigenvalue weighted by molar-refractivity contribution is 0.0737. The lowest BCUT2D eigenvalue weighted by Crippen LogP contribution is -2.52. The first-order valence-electron chi connectivity index (χ1n) is 11.1. The van der Waals surface area contributed by atoms with E-state index in [1.165, 1.54) is 16.8 Å². The Balaban J connectivity index is 1.58. The largest absolute Gasteiger partial charge is 0.348 e. The first-order valence-corrected chi connectivity index (χ1v) is 13.3. The molecule has 32 heavy (non-hydrogen) atoms. The zero-order valence-corrected chi connectivity index (χ0v) is 21.5. The molecule has 2 unspecified atom stereocenters. The maximum Gasteiger partial charge on any atom is 0.251 e. The van der Waals surface area contributed by atoms with Gasteiger partial charge in [0.05, 0.1) is 4.90 Å². The number of nitrogens with zero attached hydrogens (tertiary/aromatic N) is 1. The van der Waals surface area contributed by atoms with E-state index in [4.69, 9.17) is 0 Å². The van der Waals surface area contributed by atoms with Crippen LogP contribution in [0.1, 0.15) is 56.0 Å². The summed E-state index contributed by atoms with van der Waals surface area (Å²) in [5, 5.41) is 3.26. The number of rotatable bonds is 6. The van der Waals surface area contributed by atoms with Crippen LogP contribution in [0, 0.1) is 16.7 Å². The van der Waals surface area contributed by atoms with Crippen LogP contribution < -0.4 is 5.32 Å². The topological polar surface area (TPSA) is 66.5 Å². The van der Waals surface area contributed by atoms with Crippen LogP contribution in [0.3, 0.4) is 0 Å². The lowest BCUT2D eigenvalue weighted by Gasteiger charge is -2.43. The Bertz CT molecular complexity index is 1130. The Labute approximate surface area is 199 Å². The van der Waals surface area contributed by atoms with Gasteiger partial charge in [0.15, 0.2) is 0 Å². The van der Waals surface area contributed by atoms with Crippen molar-refractivity contribution in [3.05, 3.63) is 64.1 Å². The molecule has 0 aliphatic heterocycles. The Kier molecular flexibility index (Phi) is 6.06. The molecule has 1 amide bonds. The number of benzene rings is 2. The molecule has 2 saturated carbocycles. The number of hydrogen-bond acceptors (Lipinski definition) is 3. The minimum atomic E-state index is -3.79. The molecule has 2 bridgehead atoms. The first-order chi connectivity index (χ1) is 14.9. The average Bonchev–Trinajstić information content (AvgIpc) is 3.23. The number of fused-ring (bicyclic) bond motifs is 2. The molecule has 0 saturated heterocycles. The van der Waals surface area contributed by atoms with E-state index in [1.807, 2.05) is 30.3 Å². The van der Waals surface area contributed by atoms with Crippen LogP contribution in [0.25, 0.3) is 0 Å². The molecule has 1 N–H and O–H groups in total. The zero-order valence-electron chi connectivity index (χ0n) is 19.1. The van der Waals surface area contributed by atoms with Crippen molar-refractivity contribution < 1.29 is 13.2 Å². The summed E-state index contributed by atoms with van der Waals surface area (Å²) in [7, 11) is -2.23. The minimum Gasteiger partial charge on any atom is -0.348 e. The van der Waals surface area contributed by atoms with Crippen LogP contribution in [-0.4, -0.2) is 31.7 Å². The third kappa shape index (κ3) is 4.03. The number of hydrogen-bond donors (Lipinski definition) is 1. The molecule has 2 aromatic carbocycles. The molecule has 172 valence electrons. The van der Waals surface area contributed by atoms with E-state index in [0.717, 1.165) is 18.4 Å². The standard InChI is InChI=1S/C25H31BrN2O3S/c1-24(2)19-12-13-25(3,15-19)23(24)27-22(29)18-10-11-20(26)21(14-18)32(30,31)28(4)16-17-8-6-5-7-9-17/h5-11,14,19,23H,12-13,15-16H2,1-4H3,(H,27,29)/t19-,23?,25?/m1/s1. The van der Waals surface area contributed by atoms with E-state index in [2.05, 4.69) is 42.0 Å². The molecule has 2 aromatic rings. The Morgan fingerprint density at radius 2 is 1.84 bits per heavy atom. The highest BCUT2D eigenvalue weighted by Crippen LogP contribution is 2.62. The zero-order chi connectivity index (χ0) is 23.3. The molecule has 5 nitrogen and oxygen atoms in total. The summed E-state index contributed by atoms with van der Waals surface area (Å²) in [5.41, 5.74) is 1.39. The molecular weight excluding hydrogens is 488 g/mol. The molecule has 0 radical (unpaired) electrons. The van der Waals surface area contributed by atoms with E-state index in [0.29, 0.717) is 16.0 Å². The highest BCUT2D eigenvalue weighted by atomic mass is 79.9. The number of sulfonamides is 1. The fourth-order valence-electron chi connectivity index (χ4n) is 5.81. The molecule has 0 heterocycles. The fraction of sp³-hybridized carbons (Fsp3) is 0.480. The van der Waals surface area contributed by atoms with Gasteiger partial charge < -0.3 is 5.32 Å². The van der Waals surface area contributed by atoms with Crippen LogP contribution in [0.2, 0.25) is 0 Å². The monoisotopic (exact) mass is 518 g/mol. The number of carbonyl (C=O) groups is 1. The van der Waals surface area contributed by atoms with Gasteiger partial charge in [0.2, 0.25) is 10.0 Å². The van der Waals surface area contributed by atoms with E-state index in [-0.39, 0.29) is 34.2 Å². The maximum absolute atomic E-state index is 13.3. The highest BCUT2D eigenvalue weighted by Gasteiger charge is 2.59. The van der Waals surface area contributed by atoms with Gasteiger partial charge in [-0.2, -0.15) is 4.31 Å². The van der Waals surface area contributed by atoms with Gasteiger partial charge in [0.1, 0.15) is 0 Å². The minimum absolute atomic E-state index is 0.0306. The molecule has 2 fully saturated rings. The van der Waals surface area contributed by atoms with Crippen molar-refractivity contribution in [3.63, 3.8) is 0 Å². The molecule has 7 heteroatoms. The van der Waals surface area contributed by atoms with Crippen molar-refractivity contribution in [3.8, 4) is 0 Å². The lowest BCUT2D eigenvalue weighted by atomic mass is 9.68. The summed E-state index contributed by atoms with van der Waals surface area (Å²) in [4.78, 5) is 13.3. The van der Waals surface area contributed by atoms with Crippen LogP contribution in [0.15, 0.2) is 57.9 Å². The van der Waals surface area contributed by atoms with Gasteiger partial charge in [-0.3, -0.25) is 4.79 Å². The van der Waals surface area contributed by atoms with Gasteiger partial charge in [-0.25, -0.2) is 8.42 Å². The van der Waals surface area contributed by atoms with Gasteiger partial charge in [0.25, 0.3) is 5.91 Å². The van der Waals surface area contributed by atoms with Gasteiger partial charge in [0, 0.05) is 29.7 Å². The van der Waals surface area contributed by atoms with Gasteiger partial charge in [-0.15, -0.1) is 0 Å². The van der Waals surface area contributed by atoms with Gasteiger partial charge >= 0.3 is 0 Å². The van der Waals surface area contributed by atoms with E-state index in [1.54, 1.807) is 19.2 Å². The van der Waals surface area contributed by atoms with Crippen molar-refractivity contribution in [2.75, 3.05) is 7.05 Å². The van der Waals surface area contributed by atoms with E-state index >= 15 is 0 Å². The van der Waals surface area contributed by atoms with Crippen LogP contribution in [0.5, 0.6) is 0 Å². The molecule has 3 atom stereocenters. The molecule has 2 aliphatic rings. The van der Waals surface area contributed by atoms with Crippen LogP contribution in [0.4, 0.5) is 0 Å². The van der Waals surface area contributed by atoms with Crippen molar-refractivity contribution in [1.29, 1.82) is 0 Å². The second-order valence-corrected chi connectivity index (χ2v) is 13.1. The summed E-state index contributed by atoms with van der Waals surface area (Å²) in [6, 6.07) is 14.3. The summed E-state index contributed by atoms with van der Waals surface area (Å²) in [5.74, 6) is 0.400. The summed E-state index contributed by atoms with van der Waals surface area (Å²) >= 11 is 3.37. The maximum atomic E-state index is 13.3. The van der Waals surface area contributed by atoms with Crippen molar-refractivity contribution in [2.24, 2.45) is 16.7 Å². The highest BCUT2D eigenvalue weighted by molar-refractivity contribution is 9.10. The molecule has 2 aliphatic carbocycles. The summed E-state index contributed by atoms with van der Waals surface area (Å²) in [6.45, 7) is 7.00. The smallest absolute Gasteiger partial charge is 0.251 e. The number of halogens is 1. The average molecular weight is 520 g/mol. The van der Waals surface area contributed by atoms with Crippen LogP contribution >= 0.6 is 15.9 Å². The molecule has 0 aromatic heterocycles. The quantitative estimate of drug-likeness (QED) is 0.570. The number of carbonyl (C=O) groups excluding carboxylic acids is 1. The fourth-order valence-corrected chi connectivity index (χ4v) is 7.92. The number of nitrogens with one attached hydrogen (secondary N) is 1. The molecular formula is C25H31BrN2O3S. The Hall–Kier alpha value is -1.70. The van der Waals surface area contributed by atoms with Crippen LogP contribution in [-0.2, 0) is 16.6 Å². The molecule has 4 rings (SSSR count). The van der Waals surface area contributed by atoms with E-state index < -0.39 is 10.0 Å². The van der Waals surface area contributed by atoms with E-state index in [9.17, 15) is 13.2 Å². The predicted molar refractivity (Wildman–Crippen MR) is 130 cm³/mol.